The highest BCUT2D eigenvalue weighted by molar-refractivity contribution is 7.07. The molecule has 1 heterocycles. The van der Waals surface area contributed by atoms with Gasteiger partial charge < -0.3 is 0 Å². The Kier molecular flexibility index (Phi) is 5.13. The third-order valence-corrected chi connectivity index (χ3v) is 4.38. The van der Waals surface area contributed by atoms with Crippen LogP contribution in [0.3, 0.4) is 0 Å². The van der Waals surface area contributed by atoms with Crippen LogP contribution in [-0.2, 0) is 0 Å². The topological polar surface area (TPSA) is 50.2 Å². The number of hydrazone groups is 1. The van der Waals surface area contributed by atoms with Gasteiger partial charge in [0.2, 0.25) is 0 Å². The van der Waals surface area contributed by atoms with Crippen molar-refractivity contribution in [2.75, 3.05) is 5.43 Å². The van der Waals surface area contributed by atoms with Crippen molar-refractivity contribution in [3.8, 4) is 0 Å². The number of benzene rings is 2. The lowest BCUT2D eigenvalue weighted by atomic mass is 10.1. The number of aromatic nitrogens is 2. The van der Waals surface area contributed by atoms with Gasteiger partial charge in [-0.25, -0.2) is 4.98 Å². The largest absolute Gasteiger partial charge is 0.275 e. The molecule has 0 saturated heterocycles. The van der Waals surface area contributed by atoms with Crippen molar-refractivity contribution in [2.45, 2.75) is 0 Å². The number of hydrogen-bond donors (Lipinski definition) is 1. The Morgan fingerprint density at radius 2 is 1.74 bits per heavy atom. The van der Waals surface area contributed by atoms with E-state index in [-0.39, 0.29) is 0 Å². The monoisotopic (exact) mass is 382 g/mol. The minimum atomic E-state index is 0.385. The molecule has 3 aromatic rings. The first-order chi connectivity index (χ1) is 11.1. The Bertz CT molecular complexity index is 812. The van der Waals surface area contributed by atoms with E-state index in [1.807, 2.05) is 30.3 Å². The Labute approximate surface area is 151 Å². The summed E-state index contributed by atoms with van der Waals surface area (Å²) in [6, 6.07) is 12.9. The molecule has 0 spiro atoms. The third kappa shape index (κ3) is 3.82. The molecule has 0 aliphatic heterocycles. The molecule has 4 nitrogen and oxygen atoms in total. The van der Waals surface area contributed by atoms with Crippen molar-refractivity contribution in [1.29, 1.82) is 0 Å². The molecule has 0 atom stereocenters. The molecule has 0 aliphatic carbocycles. The molecule has 1 aromatic heterocycles. The first kappa shape index (κ1) is 16.2. The van der Waals surface area contributed by atoms with Crippen LogP contribution in [0, 0.1) is 0 Å². The zero-order chi connectivity index (χ0) is 16.2. The van der Waals surface area contributed by atoms with Gasteiger partial charge in [0.15, 0.2) is 5.01 Å². The number of nitrogens with zero attached hydrogens (tertiary/aromatic N) is 3. The average Bonchev–Trinajstić information content (AvgIpc) is 3.05. The van der Waals surface area contributed by atoms with Crippen molar-refractivity contribution in [2.24, 2.45) is 5.10 Å². The standard InChI is InChI=1S/C15H9Cl3N4S/c16-10-6-11(17)14(12(18)7-10)22-21-13(15-19-8-20-23-15)9-4-2-1-3-5-9/h1-8,22H/b21-13+. The van der Waals surface area contributed by atoms with E-state index in [1.54, 1.807) is 12.1 Å². The van der Waals surface area contributed by atoms with Crippen LogP contribution < -0.4 is 5.43 Å². The molecule has 0 fully saturated rings. The lowest BCUT2D eigenvalue weighted by Gasteiger charge is -2.09. The lowest BCUT2D eigenvalue weighted by Crippen LogP contribution is -2.06. The highest BCUT2D eigenvalue weighted by atomic mass is 35.5. The van der Waals surface area contributed by atoms with Gasteiger partial charge in [0.05, 0.1) is 15.7 Å². The van der Waals surface area contributed by atoms with Gasteiger partial charge in [-0.15, -0.1) is 0 Å². The number of hydrogen-bond acceptors (Lipinski definition) is 5. The van der Waals surface area contributed by atoms with E-state index in [2.05, 4.69) is 19.9 Å². The Balaban J connectivity index is 2.00. The molecule has 0 amide bonds. The Hall–Kier alpha value is -1.66. The van der Waals surface area contributed by atoms with Crippen LogP contribution in [0.25, 0.3) is 0 Å². The molecular weight excluding hydrogens is 375 g/mol. The van der Waals surface area contributed by atoms with Crippen molar-refractivity contribution >= 4 is 57.7 Å². The van der Waals surface area contributed by atoms with Gasteiger partial charge >= 0.3 is 0 Å². The molecule has 0 saturated carbocycles. The van der Waals surface area contributed by atoms with Crippen LogP contribution in [0.5, 0.6) is 0 Å². The second-order valence-corrected chi connectivity index (χ2v) is 6.46. The van der Waals surface area contributed by atoms with Crippen molar-refractivity contribution in [3.05, 3.63) is 74.4 Å². The second-order valence-electron chi connectivity index (χ2n) is 4.43. The second kappa shape index (κ2) is 7.27. The highest BCUT2D eigenvalue weighted by Gasteiger charge is 2.12. The number of anilines is 1. The van der Waals surface area contributed by atoms with Crippen LogP contribution in [0.2, 0.25) is 15.1 Å². The van der Waals surface area contributed by atoms with Gasteiger partial charge in [0.25, 0.3) is 0 Å². The maximum Gasteiger partial charge on any atom is 0.164 e. The van der Waals surface area contributed by atoms with Gasteiger partial charge in [-0.3, -0.25) is 5.43 Å². The molecule has 1 N–H and O–H groups in total. The van der Waals surface area contributed by atoms with Crippen LogP contribution >= 0.6 is 46.3 Å². The molecule has 2 aromatic carbocycles. The first-order valence-corrected chi connectivity index (χ1v) is 8.36. The van der Waals surface area contributed by atoms with E-state index in [0.717, 1.165) is 5.56 Å². The average molecular weight is 384 g/mol. The molecular formula is C15H9Cl3N4S. The van der Waals surface area contributed by atoms with Crippen molar-refractivity contribution < 1.29 is 0 Å². The molecule has 0 unspecified atom stereocenters. The quantitative estimate of drug-likeness (QED) is 0.487. The predicted molar refractivity (Wildman–Crippen MR) is 97.1 cm³/mol. The minimum absolute atomic E-state index is 0.385. The van der Waals surface area contributed by atoms with Crippen LogP contribution in [-0.4, -0.2) is 15.1 Å². The van der Waals surface area contributed by atoms with Crippen LogP contribution in [0.4, 0.5) is 5.69 Å². The summed E-state index contributed by atoms with van der Waals surface area (Å²) in [6.45, 7) is 0. The Morgan fingerprint density at radius 3 is 2.35 bits per heavy atom. The van der Waals surface area contributed by atoms with Crippen molar-refractivity contribution in [1.82, 2.24) is 9.36 Å². The molecule has 0 radical (unpaired) electrons. The smallest absolute Gasteiger partial charge is 0.164 e. The maximum absolute atomic E-state index is 6.16. The van der Waals surface area contributed by atoms with E-state index in [0.29, 0.717) is 31.5 Å². The van der Waals surface area contributed by atoms with E-state index in [9.17, 15) is 0 Å². The molecule has 0 bridgehead atoms. The first-order valence-electron chi connectivity index (χ1n) is 6.46. The van der Waals surface area contributed by atoms with Gasteiger partial charge in [0, 0.05) is 10.6 Å². The molecule has 23 heavy (non-hydrogen) atoms. The van der Waals surface area contributed by atoms with Gasteiger partial charge in [-0.1, -0.05) is 65.1 Å². The summed E-state index contributed by atoms with van der Waals surface area (Å²) in [7, 11) is 0. The summed E-state index contributed by atoms with van der Waals surface area (Å²) < 4.78 is 4.02. The molecule has 0 aliphatic rings. The summed E-state index contributed by atoms with van der Waals surface area (Å²) in [5.74, 6) is 0. The van der Waals surface area contributed by atoms with E-state index < -0.39 is 0 Å². The molecule has 3 rings (SSSR count). The minimum Gasteiger partial charge on any atom is -0.275 e. The highest BCUT2D eigenvalue weighted by Crippen LogP contribution is 2.33. The summed E-state index contributed by atoms with van der Waals surface area (Å²) >= 11 is 19.5. The van der Waals surface area contributed by atoms with Crippen molar-refractivity contribution in [3.63, 3.8) is 0 Å². The third-order valence-electron chi connectivity index (χ3n) is 2.90. The van der Waals surface area contributed by atoms with Crippen LogP contribution in [0.15, 0.2) is 53.9 Å². The summed E-state index contributed by atoms with van der Waals surface area (Å²) in [5.41, 5.74) is 4.93. The Morgan fingerprint density at radius 1 is 1.04 bits per heavy atom. The van der Waals surface area contributed by atoms with Crippen LogP contribution in [0.1, 0.15) is 10.6 Å². The summed E-state index contributed by atoms with van der Waals surface area (Å²) in [4.78, 5) is 4.21. The lowest BCUT2D eigenvalue weighted by molar-refractivity contribution is 1.28. The van der Waals surface area contributed by atoms with Gasteiger partial charge in [0.1, 0.15) is 12.0 Å². The number of nitrogens with one attached hydrogen (secondary N) is 1. The van der Waals surface area contributed by atoms with Gasteiger partial charge in [-0.2, -0.15) is 9.47 Å². The summed E-state index contributed by atoms with van der Waals surface area (Å²) in [5, 5.41) is 6.34. The SMILES string of the molecule is Clc1cc(Cl)c(N/N=C(\c2ccccc2)c2ncns2)c(Cl)c1. The molecule has 116 valence electrons. The fourth-order valence-electron chi connectivity index (χ4n) is 1.87. The maximum atomic E-state index is 6.16. The zero-order valence-corrected chi connectivity index (χ0v) is 14.6. The summed E-state index contributed by atoms with van der Waals surface area (Å²) in [6.07, 6.45) is 1.49. The number of rotatable bonds is 4. The predicted octanol–water partition coefficient (Wildman–Crippen LogP) is 5.36. The van der Waals surface area contributed by atoms with E-state index >= 15 is 0 Å². The number of halogens is 3. The molecule has 8 heteroatoms. The van der Waals surface area contributed by atoms with E-state index in [1.165, 1.54) is 17.9 Å². The zero-order valence-electron chi connectivity index (χ0n) is 11.5. The fourth-order valence-corrected chi connectivity index (χ4v) is 3.31. The van der Waals surface area contributed by atoms with Gasteiger partial charge in [-0.05, 0) is 23.7 Å². The fraction of sp³-hybridized carbons (Fsp3) is 0. The normalized spacial score (nSPS) is 11.5. The van der Waals surface area contributed by atoms with E-state index in [4.69, 9.17) is 34.8 Å².